The van der Waals surface area contributed by atoms with Crippen LogP contribution in [0.25, 0.3) is 16.7 Å². The number of rotatable bonds is 11. The smallest absolute Gasteiger partial charge is 0.306 e. The van der Waals surface area contributed by atoms with Gasteiger partial charge in [-0.3, -0.25) is 4.79 Å². The predicted molar refractivity (Wildman–Crippen MR) is 164 cm³/mol. The molecule has 0 saturated carbocycles. The summed E-state index contributed by atoms with van der Waals surface area (Å²) in [7, 11) is -1.56. The summed E-state index contributed by atoms with van der Waals surface area (Å²) in [6.45, 7) is 8.57. The van der Waals surface area contributed by atoms with Crippen molar-refractivity contribution in [2.45, 2.75) is 59.0 Å². The molecule has 0 radical (unpaired) electrons. The first-order valence-electron chi connectivity index (χ1n) is 14.0. The van der Waals surface area contributed by atoms with Crippen molar-refractivity contribution in [1.82, 2.24) is 0 Å². The summed E-state index contributed by atoms with van der Waals surface area (Å²) in [6.07, 6.45) is 4.85. The number of sulfone groups is 1. The highest BCUT2D eigenvalue weighted by Gasteiger charge is 2.29. The number of hydrogen-bond acceptors (Lipinski definition) is 6. The van der Waals surface area contributed by atoms with Crippen LogP contribution in [0.4, 0.5) is 0 Å². The van der Waals surface area contributed by atoms with Gasteiger partial charge in [-0.2, -0.15) is 0 Å². The molecule has 0 aromatic heterocycles. The fourth-order valence-electron chi connectivity index (χ4n) is 5.66. The molecule has 0 bridgehead atoms. The van der Waals surface area contributed by atoms with Gasteiger partial charge in [0, 0.05) is 6.26 Å². The highest BCUT2D eigenvalue weighted by atomic mass is 32.2. The van der Waals surface area contributed by atoms with Crippen LogP contribution in [0.5, 0.6) is 11.5 Å². The number of methoxy groups -OCH3 is 1. The Kier molecular flexibility index (Phi) is 9.59. The molecule has 41 heavy (non-hydrogen) atoms. The maximum absolute atomic E-state index is 11.9. The van der Waals surface area contributed by atoms with Gasteiger partial charge in [-0.25, -0.2) is 8.42 Å². The normalized spacial score (nSPS) is 16.3. The van der Waals surface area contributed by atoms with Gasteiger partial charge in [-0.05, 0) is 121 Å². The van der Waals surface area contributed by atoms with Crippen molar-refractivity contribution in [2.75, 3.05) is 25.7 Å². The first-order chi connectivity index (χ1) is 19.5. The van der Waals surface area contributed by atoms with Crippen molar-refractivity contribution >= 4 is 21.4 Å². The molecule has 4 rings (SSSR count). The van der Waals surface area contributed by atoms with Crippen molar-refractivity contribution in [3.63, 3.8) is 0 Å². The van der Waals surface area contributed by atoms with Crippen molar-refractivity contribution in [1.29, 1.82) is 0 Å². The molecule has 218 valence electrons. The summed E-state index contributed by atoms with van der Waals surface area (Å²) in [5.74, 6) is 1.60. The molecule has 1 aliphatic carbocycles. The first kappa shape index (κ1) is 30.4. The summed E-state index contributed by atoms with van der Waals surface area (Å²) in [5, 5.41) is 0. The molecule has 0 aliphatic heterocycles. The van der Waals surface area contributed by atoms with Gasteiger partial charge in [0.15, 0.2) is 0 Å². The van der Waals surface area contributed by atoms with E-state index in [2.05, 4.69) is 63.2 Å². The molecule has 0 spiro atoms. The largest absolute Gasteiger partial charge is 0.494 e. The van der Waals surface area contributed by atoms with E-state index in [4.69, 9.17) is 14.2 Å². The maximum Gasteiger partial charge on any atom is 0.306 e. The van der Waals surface area contributed by atoms with E-state index in [0.29, 0.717) is 19.4 Å². The SMILES string of the molecule is CC=C1CC(CC(=O)OC)c2ccc(OC(C)c3cccc(-c4c(C)cc(OCCCS(C)(=O)=O)cc4C)c3)cc21. The Hall–Kier alpha value is -3.58. The molecule has 0 fully saturated rings. The second-order valence-electron chi connectivity index (χ2n) is 10.9. The summed E-state index contributed by atoms with van der Waals surface area (Å²) >= 11 is 0. The van der Waals surface area contributed by atoms with E-state index in [0.717, 1.165) is 51.3 Å². The Morgan fingerprint density at radius 2 is 1.78 bits per heavy atom. The Labute approximate surface area is 244 Å². The molecule has 6 nitrogen and oxygen atoms in total. The molecular weight excluding hydrogens is 536 g/mol. The second kappa shape index (κ2) is 12.9. The number of carbonyl (C=O) groups is 1. The van der Waals surface area contributed by atoms with E-state index in [1.165, 1.54) is 24.5 Å². The number of allylic oxidation sites excluding steroid dienone is 2. The number of carbonyl (C=O) groups excluding carboxylic acids is 1. The lowest BCUT2D eigenvalue weighted by Gasteiger charge is -2.19. The Bertz CT molecular complexity index is 1530. The van der Waals surface area contributed by atoms with Crippen LogP contribution in [0.2, 0.25) is 0 Å². The molecular formula is C34H40O6S. The lowest BCUT2D eigenvalue weighted by molar-refractivity contribution is -0.141. The maximum atomic E-state index is 11.9. The van der Waals surface area contributed by atoms with Gasteiger partial charge in [0.05, 0.1) is 25.9 Å². The van der Waals surface area contributed by atoms with E-state index >= 15 is 0 Å². The predicted octanol–water partition coefficient (Wildman–Crippen LogP) is 7.38. The zero-order chi connectivity index (χ0) is 29.7. The van der Waals surface area contributed by atoms with Gasteiger partial charge in [0.1, 0.15) is 27.4 Å². The van der Waals surface area contributed by atoms with Crippen LogP contribution in [0.1, 0.15) is 72.9 Å². The van der Waals surface area contributed by atoms with E-state index in [1.807, 2.05) is 25.1 Å². The number of ether oxygens (including phenoxy) is 3. The fraction of sp³-hybridized carbons (Fsp3) is 0.382. The molecule has 2 unspecified atom stereocenters. The number of fused-ring (bicyclic) bond motifs is 1. The number of esters is 1. The molecule has 3 aromatic carbocycles. The van der Waals surface area contributed by atoms with E-state index in [1.54, 1.807) is 0 Å². The molecule has 0 heterocycles. The van der Waals surface area contributed by atoms with Crippen LogP contribution in [-0.4, -0.2) is 40.1 Å². The minimum atomic E-state index is -2.99. The second-order valence-corrected chi connectivity index (χ2v) is 13.2. The zero-order valence-electron chi connectivity index (χ0n) is 24.8. The topological polar surface area (TPSA) is 78.9 Å². The summed E-state index contributed by atoms with van der Waals surface area (Å²) in [6, 6.07) is 18.6. The molecule has 0 saturated heterocycles. The van der Waals surface area contributed by atoms with Crippen molar-refractivity contribution < 1.29 is 27.4 Å². The van der Waals surface area contributed by atoms with Crippen LogP contribution in [0, 0.1) is 13.8 Å². The number of aryl methyl sites for hydroxylation is 2. The summed E-state index contributed by atoms with van der Waals surface area (Å²) in [5.41, 5.74) is 9.03. The van der Waals surface area contributed by atoms with Gasteiger partial charge >= 0.3 is 5.97 Å². The van der Waals surface area contributed by atoms with Gasteiger partial charge in [-0.15, -0.1) is 0 Å². The van der Waals surface area contributed by atoms with E-state index in [9.17, 15) is 13.2 Å². The first-order valence-corrected chi connectivity index (χ1v) is 16.1. The monoisotopic (exact) mass is 576 g/mol. The van der Waals surface area contributed by atoms with Crippen LogP contribution >= 0.6 is 0 Å². The van der Waals surface area contributed by atoms with Crippen LogP contribution in [-0.2, 0) is 19.4 Å². The van der Waals surface area contributed by atoms with Crippen LogP contribution in [0.15, 0.2) is 60.7 Å². The minimum Gasteiger partial charge on any atom is -0.494 e. The number of hydrogen-bond donors (Lipinski definition) is 0. The minimum absolute atomic E-state index is 0.119. The average Bonchev–Trinajstić information content (AvgIpc) is 3.26. The number of benzene rings is 3. The quantitative estimate of drug-likeness (QED) is 0.175. The van der Waals surface area contributed by atoms with Crippen LogP contribution < -0.4 is 9.47 Å². The summed E-state index contributed by atoms with van der Waals surface area (Å²) in [4.78, 5) is 11.9. The molecule has 7 heteroatoms. The van der Waals surface area contributed by atoms with Crippen molar-refractivity contribution in [2.24, 2.45) is 0 Å². The van der Waals surface area contributed by atoms with E-state index < -0.39 is 9.84 Å². The van der Waals surface area contributed by atoms with Crippen molar-refractivity contribution in [3.8, 4) is 22.6 Å². The fourth-order valence-corrected chi connectivity index (χ4v) is 6.30. The Morgan fingerprint density at radius 1 is 1.05 bits per heavy atom. The lowest BCUT2D eigenvalue weighted by Crippen LogP contribution is -2.08. The molecule has 0 N–H and O–H groups in total. The van der Waals surface area contributed by atoms with Gasteiger partial charge < -0.3 is 14.2 Å². The third kappa shape index (κ3) is 7.59. The van der Waals surface area contributed by atoms with Crippen molar-refractivity contribution in [3.05, 3.63) is 88.5 Å². The van der Waals surface area contributed by atoms with Gasteiger partial charge in [-0.1, -0.05) is 30.3 Å². The molecule has 2 atom stereocenters. The standard InChI is InChI=1S/C34H40O6S/c1-7-25-18-28(20-33(35)38-5)31-13-12-29(21-32(25)31)40-24(4)26-10-8-11-27(19-26)34-22(2)16-30(17-23(34)3)39-14-9-15-41(6,36)37/h7-8,10-13,16-17,19,21,24,28H,9,14-15,18,20H2,1-6H3. The zero-order valence-corrected chi connectivity index (χ0v) is 25.6. The molecule has 3 aromatic rings. The lowest BCUT2D eigenvalue weighted by atomic mass is 9.93. The highest BCUT2D eigenvalue weighted by molar-refractivity contribution is 7.90. The molecule has 1 aliphatic rings. The van der Waals surface area contributed by atoms with Gasteiger partial charge in [0.2, 0.25) is 0 Å². The molecule has 0 amide bonds. The highest BCUT2D eigenvalue weighted by Crippen LogP contribution is 2.45. The van der Waals surface area contributed by atoms with Crippen LogP contribution in [0.3, 0.4) is 0 Å². The Morgan fingerprint density at radius 3 is 2.44 bits per heavy atom. The van der Waals surface area contributed by atoms with E-state index in [-0.39, 0.29) is 23.7 Å². The Balaban J connectivity index is 1.49. The summed E-state index contributed by atoms with van der Waals surface area (Å²) < 4.78 is 39.9. The average molecular weight is 577 g/mol. The third-order valence-corrected chi connectivity index (χ3v) is 8.69. The third-order valence-electron chi connectivity index (χ3n) is 7.66. The van der Waals surface area contributed by atoms with Gasteiger partial charge in [0.25, 0.3) is 0 Å².